The molecule has 0 aliphatic rings. The van der Waals surface area contributed by atoms with E-state index >= 15 is 0 Å². The molecule has 0 heterocycles. The van der Waals surface area contributed by atoms with Crippen LogP contribution in [0.4, 0.5) is 13.2 Å². The third kappa shape index (κ3) is 5.89. The Morgan fingerprint density at radius 3 is 2.29 bits per heavy atom. The zero-order chi connectivity index (χ0) is 17.6. The van der Waals surface area contributed by atoms with Gasteiger partial charge in [-0.25, -0.2) is 0 Å². The van der Waals surface area contributed by atoms with E-state index in [1.165, 1.54) is 11.6 Å². The standard InChI is InChI=1S/C19H22F3NO/c1-23(2)12-4-6-15-8-10-18(11-9-15)24-14-16-5-3-7-17(13-16)19(20,21)22/h3,5,7-11,13H,4,6,12,14H2,1-2H3. The number of hydrogen-bond acceptors (Lipinski definition) is 2. The second kappa shape index (κ2) is 8.20. The van der Waals surface area contributed by atoms with Gasteiger partial charge in [-0.05, 0) is 68.9 Å². The highest BCUT2D eigenvalue weighted by molar-refractivity contribution is 5.29. The molecule has 24 heavy (non-hydrogen) atoms. The molecule has 0 spiro atoms. The first-order valence-corrected chi connectivity index (χ1v) is 7.87. The molecule has 0 saturated carbocycles. The molecule has 0 aromatic heterocycles. The number of benzene rings is 2. The summed E-state index contributed by atoms with van der Waals surface area (Å²) in [6.45, 7) is 1.15. The normalized spacial score (nSPS) is 11.8. The molecule has 2 aromatic rings. The molecule has 0 atom stereocenters. The van der Waals surface area contributed by atoms with E-state index in [-0.39, 0.29) is 6.61 Å². The van der Waals surface area contributed by atoms with Crippen LogP contribution in [0.3, 0.4) is 0 Å². The van der Waals surface area contributed by atoms with Gasteiger partial charge >= 0.3 is 6.18 Å². The van der Waals surface area contributed by atoms with E-state index in [9.17, 15) is 13.2 Å². The maximum atomic E-state index is 12.7. The summed E-state index contributed by atoms with van der Waals surface area (Å²) in [7, 11) is 4.09. The van der Waals surface area contributed by atoms with Gasteiger partial charge in [0.05, 0.1) is 5.56 Å². The van der Waals surface area contributed by atoms with Crippen LogP contribution in [0.1, 0.15) is 23.1 Å². The predicted molar refractivity (Wildman–Crippen MR) is 89.1 cm³/mol. The van der Waals surface area contributed by atoms with Gasteiger partial charge < -0.3 is 9.64 Å². The second-order valence-corrected chi connectivity index (χ2v) is 6.04. The summed E-state index contributed by atoms with van der Waals surface area (Å²) in [5, 5.41) is 0. The summed E-state index contributed by atoms with van der Waals surface area (Å²) in [4.78, 5) is 2.15. The first-order chi connectivity index (χ1) is 11.3. The molecule has 0 unspecified atom stereocenters. The van der Waals surface area contributed by atoms with Gasteiger partial charge in [0.1, 0.15) is 12.4 Å². The monoisotopic (exact) mass is 337 g/mol. The van der Waals surface area contributed by atoms with E-state index in [0.717, 1.165) is 31.5 Å². The zero-order valence-corrected chi connectivity index (χ0v) is 13.9. The van der Waals surface area contributed by atoms with Gasteiger partial charge in [-0.3, -0.25) is 0 Å². The van der Waals surface area contributed by atoms with Crippen molar-refractivity contribution in [2.24, 2.45) is 0 Å². The van der Waals surface area contributed by atoms with Gasteiger partial charge in [0.25, 0.3) is 0 Å². The molecule has 0 N–H and O–H groups in total. The quantitative estimate of drug-likeness (QED) is 0.721. The SMILES string of the molecule is CN(C)CCCc1ccc(OCc2cccc(C(F)(F)F)c2)cc1. The fourth-order valence-electron chi connectivity index (χ4n) is 2.36. The number of rotatable bonds is 7. The summed E-state index contributed by atoms with van der Waals surface area (Å²) in [6, 6.07) is 12.9. The molecule has 0 amide bonds. The lowest BCUT2D eigenvalue weighted by molar-refractivity contribution is -0.137. The molecule has 5 heteroatoms. The number of aryl methyl sites for hydroxylation is 1. The van der Waals surface area contributed by atoms with Crippen molar-refractivity contribution in [2.75, 3.05) is 20.6 Å². The average molecular weight is 337 g/mol. The Kier molecular flexibility index (Phi) is 6.26. The van der Waals surface area contributed by atoms with Crippen molar-refractivity contribution in [1.82, 2.24) is 4.90 Å². The Bertz CT molecular complexity index is 636. The maximum absolute atomic E-state index is 12.7. The highest BCUT2D eigenvalue weighted by atomic mass is 19.4. The van der Waals surface area contributed by atoms with Crippen LogP contribution in [0.5, 0.6) is 5.75 Å². The summed E-state index contributed by atoms with van der Waals surface area (Å²) < 4.78 is 43.6. The van der Waals surface area contributed by atoms with Gasteiger partial charge in [0, 0.05) is 0 Å². The number of hydrogen-bond donors (Lipinski definition) is 0. The van der Waals surface area contributed by atoms with Gasteiger partial charge in [-0.2, -0.15) is 13.2 Å². The van der Waals surface area contributed by atoms with Gasteiger partial charge in [-0.1, -0.05) is 24.3 Å². The van der Waals surface area contributed by atoms with Gasteiger partial charge in [0.15, 0.2) is 0 Å². The largest absolute Gasteiger partial charge is 0.489 e. The number of nitrogens with zero attached hydrogens (tertiary/aromatic N) is 1. The van der Waals surface area contributed by atoms with E-state index in [0.29, 0.717) is 11.3 Å². The van der Waals surface area contributed by atoms with Crippen LogP contribution in [0.2, 0.25) is 0 Å². The smallest absolute Gasteiger partial charge is 0.416 e. The van der Waals surface area contributed by atoms with Crippen molar-refractivity contribution in [2.45, 2.75) is 25.6 Å². The van der Waals surface area contributed by atoms with Crippen molar-refractivity contribution in [3.8, 4) is 5.75 Å². The van der Waals surface area contributed by atoms with Crippen LogP contribution in [-0.2, 0) is 19.2 Å². The summed E-state index contributed by atoms with van der Waals surface area (Å²) in [5.41, 5.74) is 1.07. The minimum atomic E-state index is -4.33. The van der Waals surface area contributed by atoms with Gasteiger partial charge in [-0.15, -0.1) is 0 Å². The Balaban J connectivity index is 1.88. The Morgan fingerprint density at radius 1 is 0.958 bits per heavy atom. The van der Waals surface area contributed by atoms with Crippen molar-refractivity contribution >= 4 is 0 Å². The van der Waals surface area contributed by atoms with E-state index < -0.39 is 11.7 Å². The molecule has 0 aliphatic carbocycles. The Labute approximate surface area is 140 Å². The van der Waals surface area contributed by atoms with Crippen LogP contribution in [0, 0.1) is 0 Å². The van der Waals surface area contributed by atoms with Crippen LogP contribution in [0.25, 0.3) is 0 Å². The van der Waals surface area contributed by atoms with Crippen molar-refractivity contribution in [1.29, 1.82) is 0 Å². The Hall–Kier alpha value is -2.01. The van der Waals surface area contributed by atoms with Crippen LogP contribution < -0.4 is 4.74 Å². The molecular weight excluding hydrogens is 315 g/mol. The highest BCUT2D eigenvalue weighted by Crippen LogP contribution is 2.29. The highest BCUT2D eigenvalue weighted by Gasteiger charge is 2.30. The van der Waals surface area contributed by atoms with Crippen molar-refractivity contribution in [3.05, 3.63) is 65.2 Å². The lowest BCUT2D eigenvalue weighted by Gasteiger charge is -2.11. The summed E-state index contributed by atoms with van der Waals surface area (Å²) in [6.07, 6.45) is -2.26. The molecule has 0 fully saturated rings. The van der Waals surface area contributed by atoms with E-state index in [1.54, 1.807) is 6.07 Å². The minimum absolute atomic E-state index is 0.115. The van der Waals surface area contributed by atoms with Gasteiger partial charge in [0.2, 0.25) is 0 Å². The molecule has 130 valence electrons. The fraction of sp³-hybridized carbons (Fsp3) is 0.368. The lowest BCUT2D eigenvalue weighted by Crippen LogP contribution is -2.13. The predicted octanol–water partition coefficient (Wildman–Crippen LogP) is 4.78. The molecular formula is C19H22F3NO. The van der Waals surface area contributed by atoms with Crippen LogP contribution in [0.15, 0.2) is 48.5 Å². The third-order valence-corrected chi connectivity index (χ3v) is 3.65. The third-order valence-electron chi connectivity index (χ3n) is 3.65. The first-order valence-electron chi connectivity index (χ1n) is 7.87. The molecule has 2 aromatic carbocycles. The number of halogens is 3. The first kappa shape index (κ1) is 18.3. The lowest BCUT2D eigenvalue weighted by atomic mass is 10.1. The van der Waals surface area contributed by atoms with Crippen LogP contribution >= 0.6 is 0 Å². The fourth-order valence-corrected chi connectivity index (χ4v) is 2.36. The molecule has 0 radical (unpaired) electrons. The minimum Gasteiger partial charge on any atom is -0.489 e. The van der Waals surface area contributed by atoms with Crippen molar-refractivity contribution in [3.63, 3.8) is 0 Å². The molecule has 0 bridgehead atoms. The molecule has 0 aliphatic heterocycles. The number of alkyl halides is 3. The zero-order valence-electron chi connectivity index (χ0n) is 13.9. The molecule has 2 rings (SSSR count). The molecule has 2 nitrogen and oxygen atoms in total. The molecule has 0 saturated heterocycles. The Morgan fingerprint density at radius 2 is 1.67 bits per heavy atom. The van der Waals surface area contributed by atoms with E-state index in [4.69, 9.17) is 4.74 Å². The summed E-state index contributed by atoms with van der Waals surface area (Å²) in [5.74, 6) is 0.656. The average Bonchev–Trinajstić information content (AvgIpc) is 2.53. The van der Waals surface area contributed by atoms with E-state index in [1.807, 2.05) is 38.4 Å². The topological polar surface area (TPSA) is 12.5 Å². The summed E-state index contributed by atoms with van der Waals surface area (Å²) >= 11 is 0. The maximum Gasteiger partial charge on any atom is 0.416 e. The van der Waals surface area contributed by atoms with Crippen molar-refractivity contribution < 1.29 is 17.9 Å². The van der Waals surface area contributed by atoms with Crippen LogP contribution in [-0.4, -0.2) is 25.5 Å². The van der Waals surface area contributed by atoms with E-state index in [2.05, 4.69) is 4.90 Å². The number of ether oxygens (including phenoxy) is 1. The second-order valence-electron chi connectivity index (χ2n) is 6.04.